The minimum absolute atomic E-state index is 0.219. The number of amides is 5. The molecule has 2 aromatic heterocycles. The van der Waals surface area contributed by atoms with E-state index in [2.05, 4.69) is 20.8 Å². The Morgan fingerprint density at radius 2 is 1.71 bits per heavy atom. The van der Waals surface area contributed by atoms with Crippen molar-refractivity contribution in [3.63, 3.8) is 0 Å². The first-order valence-corrected chi connectivity index (χ1v) is 11.4. The van der Waals surface area contributed by atoms with Gasteiger partial charge in [-0.1, -0.05) is 32.0 Å². The Morgan fingerprint density at radius 3 is 2.40 bits per heavy atom. The Kier molecular flexibility index (Phi) is 8.32. The van der Waals surface area contributed by atoms with Crippen LogP contribution in [-0.4, -0.2) is 44.7 Å². The van der Waals surface area contributed by atoms with E-state index in [4.69, 9.17) is 5.73 Å². The molecule has 35 heavy (non-hydrogen) atoms. The lowest BCUT2D eigenvalue weighted by molar-refractivity contribution is -0.144. The fraction of sp³-hybridized carbons (Fsp3) is 0.320. The maximum atomic E-state index is 13.4. The number of H-pyrrole nitrogens is 1. The Bertz CT molecular complexity index is 1210. The van der Waals surface area contributed by atoms with Gasteiger partial charge in [-0.05, 0) is 49.1 Å². The van der Waals surface area contributed by atoms with Crippen LogP contribution in [0.15, 0.2) is 55.0 Å². The molecule has 5 amide bonds. The van der Waals surface area contributed by atoms with E-state index in [1.54, 1.807) is 51.5 Å². The van der Waals surface area contributed by atoms with Gasteiger partial charge in [0, 0.05) is 35.4 Å². The summed E-state index contributed by atoms with van der Waals surface area (Å²) in [5.41, 5.74) is 12.6. The molecule has 0 aliphatic rings. The number of imide groups is 3. The molecular weight excluding hydrogens is 448 g/mol. The molecule has 5 N–H and O–H groups in total. The second-order valence-electron chi connectivity index (χ2n) is 8.42. The highest BCUT2D eigenvalue weighted by atomic mass is 16.2. The van der Waals surface area contributed by atoms with Crippen LogP contribution in [0, 0.1) is 5.92 Å². The van der Waals surface area contributed by atoms with Gasteiger partial charge in [-0.15, -0.1) is 0 Å². The number of carbonyl (C=O) groups excluding carboxylic acids is 4. The largest absolute Gasteiger partial charge is 0.361 e. The Morgan fingerprint density at radius 1 is 1.03 bits per heavy atom. The van der Waals surface area contributed by atoms with Gasteiger partial charge in [0.05, 0.1) is 12.0 Å². The first kappa shape index (κ1) is 25.6. The third kappa shape index (κ3) is 5.90. The summed E-state index contributed by atoms with van der Waals surface area (Å²) in [6, 6.07) is 8.88. The van der Waals surface area contributed by atoms with Crippen molar-refractivity contribution in [2.45, 2.75) is 45.6 Å². The lowest BCUT2D eigenvalue weighted by Crippen LogP contribution is -2.57. The Labute approximate surface area is 203 Å². The van der Waals surface area contributed by atoms with Gasteiger partial charge in [0.1, 0.15) is 0 Å². The van der Waals surface area contributed by atoms with E-state index in [0.717, 1.165) is 16.5 Å². The normalized spacial score (nSPS) is 13.5. The predicted molar refractivity (Wildman–Crippen MR) is 131 cm³/mol. The second-order valence-corrected chi connectivity index (χ2v) is 8.42. The number of nitrogens with zero attached hydrogens (tertiary/aromatic N) is 2. The number of hydrazine groups is 1. The standard InChI is InChI=1S/C25H30N6O4/c1-4-15(2)23(33)31(24(34)16(3)19-14-28-21-8-6-5-7-18(19)21)25(35)30-29-22(32)20(26)13-17-9-11-27-12-10-17/h5-12,14-16,20,28H,4,13,26H2,1-3H3,(H,29,32)(H,30,35). The van der Waals surface area contributed by atoms with Crippen molar-refractivity contribution in [2.75, 3.05) is 0 Å². The molecule has 0 aliphatic carbocycles. The van der Waals surface area contributed by atoms with Crippen LogP contribution in [0.2, 0.25) is 0 Å². The number of hydrogen-bond acceptors (Lipinski definition) is 6. The number of fused-ring (bicyclic) bond motifs is 1. The van der Waals surface area contributed by atoms with Crippen molar-refractivity contribution in [1.29, 1.82) is 0 Å². The number of urea groups is 1. The molecule has 1 aromatic carbocycles. The van der Waals surface area contributed by atoms with Crippen molar-refractivity contribution >= 4 is 34.7 Å². The molecule has 0 bridgehead atoms. The lowest BCUT2D eigenvalue weighted by Gasteiger charge is -2.25. The average Bonchev–Trinajstić information content (AvgIpc) is 3.31. The third-order valence-corrected chi connectivity index (χ3v) is 5.97. The van der Waals surface area contributed by atoms with E-state index in [0.29, 0.717) is 16.9 Å². The van der Waals surface area contributed by atoms with E-state index in [1.807, 2.05) is 24.3 Å². The number of para-hydroxylation sites is 1. The third-order valence-electron chi connectivity index (χ3n) is 5.97. The van der Waals surface area contributed by atoms with Crippen LogP contribution < -0.4 is 16.6 Å². The van der Waals surface area contributed by atoms with Gasteiger partial charge in [0.15, 0.2) is 0 Å². The van der Waals surface area contributed by atoms with Gasteiger partial charge in [-0.2, -0.15) is 4.90 Å². The van der Waals surface area contributed by atoms with Crippen molar-refractivity contribution in [3.8, 4) is 0 Å². The Hall–Kier alpha value is -4.05. The van der Waals surface area contributed by atoms with E-state index >= 15 is 0 Å². The van der Waals surface area contributed by atoms with Crippen LogP contribution in [0.4, 0.5) is 4.79 Å². The van der Waals surface area contributed by atoms with Crippen LogP contribution in [0.1, 0.15) is 44.2 Å². The maximum Gasteiger partial charge on any atom is 0.349 e. The lowest BCUT2D eigenvalue weighted by atomic mass is 9.98. The van der Waals surface area contributed by atoms with Crippen LogP contribution in [-0.2, 0) is 20.8 Å². The molecule has 0 saturated carbocycles. The summed E-state index contributed by atoms with van der Waals surface area (Å²) >= 11 is 0. The molecule has 10 nitrogen and oxygen atoms in total. The fourth-order valence-corrected chi connectivity index (χ4v) is 3.61. The van der Waals surface area contributed by atoms with Gasteiger partial charge in [-0.3, -0.25) is 24.8 Å². The predicted octanol–water partition coefficient (Wildman–Crippen LogP) is 2.38. The zero-order valence-electron chi connectivity index (χ0n) is 19.9. The number of hydrogen-bond donors (Lipinski definition) is 4. The number of aromatic nitrogens is 2. The molecule has 184 valence electrons. The van der Waals surface area contributed by atoms with Crippen LogP contribution in [0.5, 0.6) is 0 Å². The monoisotopic (exact) mass is 478 g/mol. The van der Waals surface area contributed by atoms with Gasteiger partial charge in [0.25, 0.3) is 5.91 Å². The average molecular weight is 479 g/mol. The number of benzene rings is 1. The molecule has 3 atom stereocenters. The molecule has 10 heteroatoms. The van der Waals surface area contributed by atoms with E-state index in [-0.39, 0.29) is 6.42 Å². The molecule has 0 fully saturated rings. The zero-order valence-corrected chi connectivity index (χ0v) is 19.9. The fourth-order valence-electron chi connectivity index (χ4n) is 3.61. The van der Waals surface area contributed by atoms with E-state index in [9.17, 15) is 19.2 Å². The van der Waals surface area contributed by atoms with Gasteiger partial charge in [-0.25, -0.2) is 10.2 Å². The smallest absolute Gasteiger partial charge is 0.349 e. The van der Waals surface area contributed by atoms with Crippen molar-refractivity contribution in [3.05, 3.63) is 66.1 Å². The number of aromatic amines is 1. The molecule has 3 rings (SSSR count). The molecule has 2 heterocycles. The topological polar surface area (TPSA) is 150 Å². The number of carbonyl (C=O) groups is 4. The second kappa shape index (κ2) is 11.4. The maximum absolute atomic E-state index is 13.4. The summed E-state index contributed by atoms with van der Waals surface area (Å²) in [5, 5.41) is 0.820. The number of nitrogens with one attached hydrogen (secondary N) is 3. The molecule has 0 spiro atoms. The summed E-state index contributed by atoms with van der Waals surface area (Å²) in [6.45, 7) is 5.05. The molecule has 3 aromatic rings. The summed E-state index contributed by atoms with van der Waals surface area (Å²) in [5.74, 6) is -3.40. The van der Waals surface area contributed by atoms with Crippen molar-refractivity contribution in [1.82, 2.24) is 25.7 Å². The van der Waals surface area contributed by atoms with Crippen molar-refractivity contribution < 1.29 is 19.2 Å². The SMILES string of the molecule is CCC(C)C(=O)N(C(=O)NNC(=O)C(N)Cc1ccncc1)C(=O)C(C)c1c[nH]c2ccccc12. The Balaban J connectivity index is 1.74. The van der Waals surface area contributed by atoms with Gasteiger partial charge < -0.3 is 10.7 Å². The highest BCUT2D eigenvalue weighted by Crippen LogP contribution is 2.27. The number of pyridine rings is 1. The van der Waals surface area contributed by atoms with Crippen molar-refractivity contribution in [2.24, 2.45) is 11.7 Å². The number of nitrogens with two attached hydrogens (primary N) is 1. The molecular formula is C25H30N6O4. The zero-order chi connectivity index (χ0) is 25.5. The quantitative estimate of drug-likeness (QED) is 0.383. The molecule has 0 saturated heterocycles. The highest BCUT2D eigenvalue weighted by molar-refractivity contribution is 6.13. The van der Waals surface area contributed by atoms with Crippen LogP contribution in [0.3, 0.4) is 0 Å². The minimum atomic E-state index is -1.04. The van der Waals surface area contributed by atoms with Gasteiger partial charge >= 0.3 is 6.03 Å². The van der Waals surface area contributed by atoms with E-state index in [1.165, 1.54) is 0 Å². The molecule has 3 unspecified atom stereocenters. The summed E-state index contributed by atoms with van der Waals surface area (Å²) in [6.07, 6.45) is 5.51. The minimum Gasteiger partial charge on any atom is -0.361 e. The summed E-state index contributed by atoms with van der Waals surface area (Å²) in [4.78, 5) is 59.4. The molecule has 0 aliphatic heterocycles. The summed E-state index contributed by atoms with van der Waals surface area (Å²) in [7, 11) is 0. The van der Waals surface area contributed by atoms with Gasteiger partial charge in [0.2, 0.25) is 11.8 Å². The molecule has 0 radical (unpaired) electrons. The van der Waals surface area contributed by atoms with Crippen LogP contribution >= 0.6 is 0 Å². The van der Waals surface area contributed by atoms with Crippen LogP contribution in [0.25, 0.3) is 10.9 Å². The number of rotatable bonds is 7. The highest BCUT2D eigenvalue weighted by Gasteiger charge is 2.35. The first-order chi connectivity index (χ1) is 16.7. The van der Waals surface area contributed by atoms with E-state index < -0.39 is 41.6 Å². The first-order valence-electron chi connectivity index (χ1n) is 11.4. The summed E-state index contributed by atoms with van der Waals surface area (Å²) < 4.78 is 0.